The Morgan fingerprint density at radius 3 is 3.00 bits per heavy atom. The number of hydrogen-bond acceptors (Lipinski definition) is 3. The zero-order chi connectivity index (χ0) is 8.10. The Kier molecular flexibility index (Phi) is 3.16. The average molecular weight is 159 g/mol. The van der Waals surface area contributed by atoms with Crippen LogP contribution < -0.4 is 5.32 Å². The van der Waals surface area contributed by atoms with E-state index in [1.165, 1.54) is 0 Å². The maximum atomic E-state index is 10.1. The molecule has 1 unspecified atom stereocenters. The van der Waals surface area contributed by atoms with Crippen LogP contribution in [-0.2, 0) is 4.74 Å². The van der Waals surface area contributed by atoms with Crippen molar-refractivity contribution in [3.05, 3.63) is 0 Å². The quantitative estimate of drug-likeness (QED) is 0.564. The number of hydrogen-bond donors (Lipinski definition) is 2. The summed E-state index contributed by atoms with van der Waals surface area (Å²) in [6.07, 6.45) is 2.64. The first-order chi connectivity index (χ1) is 5.29. The van der Waals surface area contributed by atoms with E-state index >= 15 is 0 Å². The average Bonchev–Trinajstić information content (AvgIpc) is 2.14. The molecule has 0 radical (unpaired) electrons. The van der Waals surface area contributed by atoms with Crippen molar-refractivity contribution in [1.29, 1.82) is 0 Å². The lowest BCUT2D eigenvalue weighted by molar-refractivity contribution is 0.0353. The van der Waals surface area contributed by atoms with Crippen molar-refractivity contribution in [1.82, 2.24) is 5.32 Å². The molecule has 0 aromatic carbocycles. The van der Waals surface area contributed by atoms with Crippen LogP contribution in [0.4, 0.5) is 4.79 Å². The molecule has 1 aliphatic heterocycles. The lowest BCUT2D eigenvalue weighted by Gasteiger charge is -2.13. The monoisotopic (exact) mass is 159 g/mol. The van der Waals surface area contributed by atoms with Crippen LogP contribution in [0.15, 0.2) is 0 Å². The molecular formula is C7H13NO3. The van der Waals surface area contributed by atoms with Gasteiger partial charge in [0.2, 0.25) is 0 Å². The van der Waals surface area contributed by atoms with Gasteiger partial charge in [0.1, 0.15) is 0 Å². The Bertz CT molecular complexity index is 130. The second-order valence-corrected chi connectivity index (χ2v) is 2.68. The molecule has 1 fully saturated rings. The smallest absolute Gasteiger partial charge is 0.450 e. The molecule has 0 bridgehead atoms. The van der Waals surface area contributed by atoms with Crippen LogP contribution in [0.25, 0.3) is 0 Å². The van der Waals surface area contributed by atoms with E-state index in [9.17, 15) is 4.79 Å². The number of carbonyl (C=O) groups is 1. The fraction of sp³-hybridized carbons (Fsp3) is 0.857. The summed E-state index contributed by atoms with van der Waals surface area (Å²) in [6.45, 7) is 0.859. The summed E-state index contributed by atoms with van der Waals surface area (Å²) in [5.74, 6) is 0. The van der Waals surface area contributed by atoms with Crippen molar-refractivity contribution >= 4 is 6.16 Å². The third-order valence-corrected chi connectivity index (χ3v) is 1.76. The van der Waals surface area contributed by atoms with Crippen LogP contribution in [0.1, 0.15) is 25.7 Å². The van der Waals surface area contributed by atoms with Gasteiger partial charge in [-0.3, -0.25) is 5.32 Å². The van der Waals surface area contributed by atoms with E-state index in [-0.39, 0.29) is 6.23 Å². The molecule has 0 spiro atoms. The summed E-state index contributed by atoms with van der Waals surface area (Å²) in [6, 6.07) is 0. The van der Waals surface area contributed by atoms with Crippen LogP contribution in [0, 0.1) is 0 Å². The molecule has 4 nitrogen and oxygen atoms in total. The fourth-order valence-electron chi connectivity index (χ4n) is 1.22. The van der Waals surface area contributed by atoms with Crippen molar-refractivity contribution in [2.75, 3.05) is 6.54 Å². The Balaban J connectivity index is 2.25. The van der Waals surface area contributed by atoms with E-state index in [0.717, 1.165) is 32.2 Å². The highest BCUT2D eigenvalue weighted by Crippen LogP contribution is 2.08. The predicted octanol–water partition coefficient (Wildman–Crippen LogP) is 1.17. The number of nitrogens with one attached hydrogen (secondary N) is 1. The minimum absolute atomic E-state index is 0.282. The van der Waals surface area contributed by atoms with E-state index in [4.69, 9.17) is 5.11 Å². The Morgan fingerprint density at radius 1 is 1.45 bits per heavy atom. The Labute approximate surface area is 65.5 Å². The summed E-state index contributed by atoms with van der Waals surface area (Å²) in [5.41, 5.74) is 0. The number of rotatable bonds is 1. The number of carboxylic acid groups (broad SMARTS) is 1. The van der Waals surface area contributed by atoms with Gasteiger partial charge < -0.3 is 9.84 Å². The molecule has 1 aliphatic rings. The van der Waals surface area contributed by atoms with Crippen molar-refractivity contribution in [2.24, 2.45) is 0 Å². The summed E-state index contributed by atoms with van der Waals surface area (Å²) >= 11 is 0. The van der Waals surface area contributed by atoms with Crippen LogP contribution in [0.3, 0.4) is 0 Å². The van der Waals surface area contributed by atoms with Gasteiger partial charge in [0.25, 0.3) is 0 Å². The van der Waals surface area contributed by atoms with Gasteiger partial charge in [0.05, 0.1) is 0 Å². The van der Waals surface area contributed by atoms with E-state index in [1.807, 2.05) is 0 Å². The molecule has 0 aromatic rings. The second kappa shape index (κ2) is 4.18. The summed E-state index contributed by atoms with van der Waals surface area (Å²) in [5, 5.41) is 11.3. The molecule has 0 saturated carbocycles. The molecular weight excluding hydrogens is 146 g/mol. The Hall–Kier alpha value is -0.770. The van der Waals surface area contributed by atoms with Crippen LogP contribution in [-0.4, -0.2) is 24.0 Å². The minimum atomic E-state index is -1.19. The summed E-state index contributed by atoms with van der Waals surface area (Å²) < 4.78 is 4.58. The lowest BCUT2D eigenvalue weighted by atomic mass is 10.2. The molecule has 1 atom stereocenters. The maximum Gasteiger partial charge on any atom is 0.507 e. The van der Waals surface area contributed by atoms with Gasteiger partial charge >= 0.3 is 6.16 Å². The lowest BCUT2D eigenvalue weighted by Crippen LogP contribution is -2.32. The fourth-order valence-corrected chi connectivity index (χ4v) is 1.22. The summed E-state index contributed by atoms with van der Waals surface area (Å²) in [7, 11) is 0. The maximum absolute atomic E-state index is 10.1. The van der Waals surface area contributed by atoms with Crippen molar-refractivity contribution in [3.63, 3.8) is 0 Å². The van der Waals surface area contributed by atoms with Crippen molar-refractivity contribution in [2.45, 2.75) is 31.9 Å². The largest absolute Gasteiger partial charge is 0.507 e. The zero-order valence-corrected chi connectivity index (χ0v) is 6.38. The highest BCUT2D eigenvalue weighted by molar-refractivity contribution is 5.56. The SMILES string of the molecule is O=C(O)OC1CCCCCN1. The summed E-state index contributed by atoms with van der Waals surface area (Å²) in [4.78, 5) is 10.1. The van der Waals surface area contributed by atoms with Crippen molar-refractivity contribution in [3.8, 4) is 0 Å². The zero-order valence-electron chi connectivity index (χ0n) is 6.38. The van der Waals surface area contributed by atoms with Gasteiger partial charge in [-0.1, -0.05) is 6.42 Å². The van der Waals surface area contributed by atoms with Gasteiger partial charge in [0.15, 0.2) is 6.23 Å². The minimum Gasteiger partial charge on any atom is -0.450 e. The highest BCUT2D eigenvalue weighted by atomic mass is 16.7. The topological polar surface area (TPSA) is 58.6 Å². The van der Waals surface area contributed by atoms with Gasteiger partial charge in [0, 0.05) is 0 Å². The second-order valence-electron chi connectivity index (χ2n) is 2.68. The molecule has 0 amide bonds. The molecule has 11 heavy (non-hydrogen) atoms. The molecule has 2 N–H and O–H groups in total. The van der Waals surface area contributed by atoms with E-state index in [2.05, 4.69) is 10.1 Å². The molecule has 0 aromatic heterocycles. The van der Waals surface area contributed by atoms with Gasteiger partial charge in [-0.25, -0.2) is 4.79 Å². The van der Waals surface area contributed by atoms with E-state index in [0.29, 0.717) is 0 Å². The number of ether oxygens (including phenoxy) is 1. The van der Waals surface area contributed by atoms with Crippen LogP contribution in [0.5, 0.6) is 0 Å². The first-order valence-corrected chi connectivity index (χ1v) is 3.92. The highest BCUT2D eigenvalue weighted by Gasteiger charge is 2.14. The molecule has 4 heteroatoms. The van der Waals surface area contributed by atoms with E-state index in [1.54, 1.807) is 0 Å². The van der Waals surface area contributed by atoms with Crippen LogP contribution >= 0.6 is 0 Å². The standard InChI is InChI=1S/C7H13NO3/c9-7(10)11-6-4-2-1-3-5-8-6/h6,8H,1-5H2,(H,9,10). The van der Waals surface area contributed by atoms with Gasteiger partial charge in [-0.05, 0) is 25.8 Å². The molecule has 1 saturated heterocycles. The molecule has 64 valence electrons. The van der Waals surface area contributed by atoms with Gasteiger partial charge in [-0.2, -0.15) is 0 Å². The van der Waals surface area contributed by atoms with Crippen molar-refractivity contribution < 1.29 is 14.6 Å². The third kappa shape index (κ3) is 3.23. The third-order valence-electron chi connectivity index (χ3n) is 1.76. The predicted molar refractivity (Wildman–Crippen MR) is 39.4 cm³/mol. The van der Waals surface area contributed by atoms with Crippen LogP contribution in [0.2, 0.25) is 0 Å². The normalized spacial score (nSPS) is 25.6. The van der Waals surface area contributed by atoms with E-state index < -0.39 is 6.16 Å². The molecule has 1 heterocycles. The molecule has 0 aliphatic carbocycles. The first kappa shape index (κ1) is 8.33. The molecule has 1 rings (SSSR count). The van der Waals surface area contributed by atoms with Gasteiger partial charge in [-0.15, -0.1) is 0 Å². The first-order valence-electron chi connectivity index (χ1n) is 3.92. The Morgan fingerprint density at radius 2 is 2.27 bits per heavy atom.